The topological polar surface area (TPSA) is 101 Å². The molecule has 11 heteroatoms. The minimum atomic E-state index is -0.915. The maximum Gasteiger partial charge on any atom is 0.320 e. The molecule has 0 bridgehead atoms. The van der Waals surface area contributed by atoms with E-state index < -0.39 is 17.7 Å². The van der Waals surface area contributed by atoms with Crippen molar-refractivity contribution in [2.45, 2.75) is 12.0 Å². The van der Waals surface area contributed by atoms with Crippen LogP contribution < -0.4 is 16.0 Å². The van der Waals surface area contributed by atoms with Gasteiger partial charge in [-0.15, -0.1) is 0 Å². The highest BCUT2D eigenvalue weighted by Gasteiger charge is 2.35. The molecule has 9 nitrogen and oxygen atoms in total. The number of hydrogen-bond acceptors (Lipinski definition) is 5. The number of benzene rings is 2. The number of carbonyl (C=O) groups is 2. The number of aryl methyl sites for hydroxylation is 1. The molecule has 1 aliphatic heterocycles. The molecule has 0 radical (unpaired) electrons. The van der Waals surface area contributed by atoms with Crippen LogP contribution in [-0.4, -0.2) is 73.1 Å². The summed E-state index contributed by atoms with van der Waals surface area (Å²) in [5.74, 6) is -1.75. The minimum absolute atomic E-state index is 0.180. The zero-order valence-corrected chi connectivity index (χ0v) is 20.9. The summed E-state index contributed by atoms with van der Waals surface area (Å²) in [5.41, 5.74) is 2.57. The Morgan fingerprint density at radius 1 is 1.08 bits per heavy atom. The van der Waals surface area contributed by atoms with Gasteiger partial charge in [0.2, 0.25) is 0 Å². The van der Waals surface area contributed by atoms with Crippen LogP contribution in [0.15, 0.2) is 48.5 Å². The SMILES string of the molecule is CNC(=O)c1ccc(-c2cc(NC(=O)N[C@@H]3CN(CCOC)C[C@H]3c3ccc(F)c(F)c3)n(C)n2)cc1. The van der Waals surface area contributed by atoms with Crippen LogP contribution in [0.1, 0.15) is 21.8 Å². The summed E-state index contributed by atoms with van der Waals surface area (Å²) in [6.45, 7) is 2.28. The van der Waals surface area contributed by atoms with E-state index >= 15 is 0 Å². The number of urea groups is 1. The molecule has 1 aromatic heterocycles. The van der Waals surface area contributed by atoms with Gasteiger partial charge in [0, 0.05) is 64.0 Å². The number of ether oxygens (including phenoxy) is 1. The molecule has 0 unspecified atom stereocenters. The second-order valence-corrected chi connectivity index (χ2v) is 8.93. The van der Waals surface area contributed by atoms with E-state index in [2.05, 4.69) is 25.9 Å². The third-order valence-electron chi connectivity index (χ3n) is 6.49. The van der Waals surface area contributed by atoms with E-state index in [0.29, 0.717) is 48.9 Å². The van der Waals surface area contributed by atoms with Crippen molar-refractivity contribution in [3.63, 3.8) is 0 Å². The molecule has 3 amide bonds. The van der Waals surface area contributed by atoms with E-state index in [1.54, 1.807) is 62.3 Å². The van der Waals surface area contributed by atoms with Crippen LogP contribution in [0.4, 0.5) is 19.4 Å². The van der Waals surface area contributed by atoms with Gasteiger partial charge in [0.25, 0.3) is 5.91 Å². The van der Waals surface area contributed by atoms with Gasteiger partial charge in [0.15, 0.2) is 11.6 Å². The normalized spacial score (nSPS) is 17.5. The molecular formula is C26H30F2N6O3. The summed E-state index contributed by atoms with van der Waals surface area (Å²) < 4.78 is 34.2. The molecule has 0 saturated carbocycles. The Labute approximate surface area is 213 Å². The lowest BCUT2D eigenvalue weighted by Crippen LogP contribution is -2.42. The molecule has 196 valence electrons. The molecule has 0 spiro atoms. The number of aromatic nitrogens is 2. The maximum absolute atomic E-state index is 13.9. The average Bonchev–Trinajstić information content (AvgIpc) is 3.46. The quantitative estimate of drug-likeness (QED) is 0.431. The van der Waals surface area contributed by atoms with E-state index in [1.807, 2.05) is 0 Å². The van der Waals surface area contributed by atoms with Gasteiger partial charge in [-0.2, -0.15) is 5.10 Å². The van der Waals surface area contributed by atoms with Crippen molar-refractivity contribution >= 4 is 17.8 Å². The molecule has 2 atom stereocenters. The standard InChI is InChI=1S/C26H30F2N6O3/c1-29-25(35)17-6-4-16(5-7-17)22-13-24(33(2)32-22)31-26(36)30-23-15-34(10-11-37-3)14-19(23)18-8-9-20(27)21(28)12-18/h4-9,12-13,19,23H,10-11,14-15H2,1-3H3,(H,29,35)(H2,30,31,36)/t19-,23+/m0/s1. The molecule has 0 aliphatic carbocycles. The van der Waals surface area contributed by atoms with E-state index in [1.165, 1.54) is 6.07 Å². The Morgan fingerprint density at radius 2 is 1.84 bits per heavy atom. The van der Waals surface area contributed by atoms with E-state index in [0.717, 1.165) is 11.6 Å². The van der Waals surface area contributed by atoms with Gasteiger partial charge in [0.1, 0.15) is 5.82 Å². The summed E-state index contributed by atoms with van der Waals surface area (Å²) in [4.78, 5) is 26.8. The maximum atomic E-state index is 13.9. The van der Waals surface area contributed by atoms with E-state index in [-0.39, 0.29) is 17.9 Å². The average molecular weight is 513 g/mol. The molecular weight excluding hydrogens is 482 g/mol. The van der Waals surface area contributed by atoms with Crippen LogP contribution in [0.25, 0.3) is 11.3 Å². The molecule has 4 rings (SSSR count). The molecule has 1 aliphatic rings. The monoisotopic (exact) mass is 512 g/mol. The molecule has 3 N–H and O–H groups in total. The third kappa shape index (κ3) is 6.12. The number of halogens is 2. The Hall–Kier alpha value is -3.83. The number of carbonyl (C=O) groups excluding carboxylic acids is 2. The van der Waals surface area contributed by atoms with Gasteiger partial charge in [-0.25, -0.2) is 13.6 Å². The van der Waals surface area contributed by atoms with Crippen molar-refractivity contribution in [2.24, 2.45) is 7.05 Å². The number of nitrogens with one attached hydrogen (secondary N) is 3. The van der Waals surface area contributed by atoms with Crippen molar-refractivity contribution in [1.29, 1.82) is 0 Å². The molecule has 2 aromatic carbocycles. The van der Waals surface area contributed by atoms with E-state index in [9.17, 15) is 18.4 Å². The van der Waals surface area contributed by atoms with Crippen molar-refractivity contribution in [2.75, 3.05) is 45.7 Å². The lowest BCUT2D eigenvalue weighted by Gasteiger charge is -2.20. The van der Waals surface area contributed by atoms with Gasteiger partial charge in [-0.3, -0.25) is 19.7 Å². The molecule has 2 heterocycles. The third-order valence-corrected chi connectivity index (χ3v) is 6.49. The first-order valence-electron chi connectivity index (χ1n) is 11.9. The Kier molecular flexibility index (Phi) is 8.14. The summed E-state index contributed by atoms with van der Waals surface area (Å²) in [7, 11) is 4.90. The van der Waals surface area contributed by atoms with Crippen molar-refractivity contribution < 1.29 is 23.1 Å². The second-order valence-electron chi connectivity index (χ2n) is 8.93. The van der Waals surface area contributed by atoms with Crippen molar-refractivity contribution in [3.05, 3.63) is 71.3 Å². The number of methoxy groups -OCH3 is 1. The number of hydrogen-bond donors (Lipinski definition) is 3. The van der Waals surface area contributed by atoms with Crippen LogP contribution in [0.2, 0.25) is 0 Å². The fraction of sp³-hybridized carbons (Fsp3) is 0.346. The van der Waals surface area contributed by atoms with E-state index in [4.69, 9.17) is 4.74 Å². The highest BCUT2D eigenvalue weighted by molar-refractivity contribution is 5.94. The van der Waals surface area contributed by atoms with Gasteiger partial charge in [-0.05, 0) is 29.8 Å². The van der Waals surface area contributed by atoms with Crippen molar-refractivity contribution in [3.8, 4) is 11.3 Å². The van der Waals surface area contributed by atoms with Gasteiger partial charge < -0.3 is 15.4 Å². The highest BCUT2D eigenvalue weighted by Crippen LogP contribution is 2.29. The minimum Gasteiger partial charge on any atom is -0.383 e. The summed E-state index contributed by atoms with van der Waals surface area (Å²) in [6, 6.07) is 11.8. The Balaban J connectivity index is 1.46. The van der Waals surface area contributed by atoms with Gasteiger partial charge >= 0.3 is 6.03 Å². The number of rotatable bonds is 8. The highest BCUT2D eigenvalue weighted by atomic mass is 19.2. The van der Waals surface area contributed by atoms with Crippen LogP contribution in [-0.2, 0) is 11.8 Å². The van der Waals surface area contributed by atoms with Gasteiger partial charge in [-0.1, -0.05) is 18.2 Å². The first kappa shape index (κ1) is 26.2. The smallest absolute Gasteiger partial charge is 0.320 e. The first-order chi connectivity index (χ1) is 17.8. The number of likely N-dealkylation sites (tertiary alicyclic amines) is 1. The van der Waals surface area contributed by atoms with Gasteiger partial charge in [0.05, 0.1) is 18.3 Å². The van der Waals surface area contributed by atoms with Crippen LogP contribution in [0, 0.1) is 11.6 Å². The Morgan fingerprint density at radius 3 is 2.51 bits per heavy atom. The molecule has 1 saturated heterocycles. The predicted octanol–water partition coefficient (Wildman–Crippen LogP) is 2.96. The number of nitrogens with zero attached hydrogens (tertiary/aromatic N) is 3. The zero-order valence-electron chi connectivity index (χ0n) is 20.9. The summed E-state index contributed by atoms with van der Waals surface area (Å²) in [5, 5.41) is 12.8. The van der Waals surface area contributed by atoms with Crippen LogP contribution in [0.5, 0.6) is 0 Å². The fourth-order valence-electron chi connectivity index (χ4n) is 4.50. The molecule has 1 fully saturated rings. The zero-order chi connectivity index (χ0) is 26.5. The lowest BCUT2D eigenvalue weighted by molar-refractivity contribution is 0.0963. The summed E-state index contributed by atoms with van der Waals surface area (Å²) >= 11 is 0. The Bertz CT molecular complexity index is 1260. The summed E-state index contributed by atoms with van der Waals surface area (Å²) in [6.07, 6.45) is 0. The predicted molar refractivity (Wildman–Crippen MR) is 135 cm³/mol. The van der Waals surface area contributed by atoms with Crippen LogP contribution >= 0.6 is 0 Å². The molecule has 37 heavy (non-hydrogen) atoms. The lowest BCUT2D eigenvalue weighted by atomic mass is 9.94. The second kappa shape index (κ2) is 11.5. The fourth-order valence-corrected chi connectivity index (χ4v) is 4.50. The first-order valence-corrected chi connectivity index (χ1v) is 11.9. The number of amides is 3. The van der Waals surface area contributed by atoms with Crippen LogP contribution in [0.3, 0.4) is 0 Å². The van der Waals surface area contributed by atoms with Crippen molar-refractivity contribution in [1.82, 2.24) is 25.3 Å². The largest absolute Gasteiger partial charge is 0.383 e. The number of anilines is 1. The molecule has 3 aromatic rings.